The number of hydrogen-bond donors (Lipinski definition) is 0. The summed E-state index contributed by atoms with van der Waals surface area (Å²) in [6.45, 7) is 13.5. The van der Waals surface area contributed by atoms with Crippen LogP contribution in [-0.4, -0.2) is 0 Å². The van der Waals surface area contributed by atoms with Crippen molar-refractivity contribution in [2.45, 2.75) is 52.4 Å². The Labute approximate surface area is 427 Å². The molecule has 0 aliphatic heterocycles. The van der Waals surface area contributed by atoms with E-state index in [2.05, 4.69) is 293 Å². The molecular formula is C68H57N3O2. The van der Waals surface area contributed by atoms with E-state index in [1.165, 1.54) is 11.1 Å². The highest BCUT2D eigenvalue weighted by Crippen LogP contribution is 2.47. The zero-order valence-electron chi connectivity index (χ0n) is 42.2. The smallest absolute Gasteiger partial charge is 0.143 e. The molecule has 2 aromatic heterocycles. The van der Waals surface area contributed by atoms with Crippen molar-refractivity contribution < 1.29 is 8.83 Å². The molecule has 0 atom stereocenters. The van der Waals surface area contributed by atoms with Gasteiger partial charge in [0.1, 0.15) is 22.3 Å². The van der Waals surface area contributed by atoms with Crippen molar-refractivity contribution >= 4 is 95.1 Å². The van der Waals surface area contributed by atoms with Gasteiger partial charge in [0.05, 0.1) is 0 Å². The highest BCUT2D eigenvalue weighted by atomic mass is 16.3. The Morgan fingerprint density at radius 2 is 0.644 bits per heavy atom. The van der Waals surface area contributed by atoms with Gasteiger partial charge in [0.15, 0.2) is 0 Å². The van der Waals surface area contributed by atoms with E-state index < -0.39 is 0 Å². The van der Waals surface area contributed by atoms with Crippen molar-refractivity contribution in [1.82, 2.24) is 0 Å². The van der Waals surface area contributed by atoms with Gasteiger partial charge in [-0.3, -0.25) is 0 Å². The number of para-hydroxylation sites is 3. The number of rotatable bonds is 10. The minimum atomic E-state index is 0.0476. The third kappa shape index (κ3) is 8.57. The average Bonchev–Trinajstić information content (AvgIpc) is 3.97. The second kappa shape index (κ2) is 18.1. The summed E-state index contributed by atoms with van der Waals surface area (Å²) in [6.07, 6.45) is 0. The molecule has 0 spiro atoms. The Morgan fingerprint density at radius 3 is 1.12 bits per heavy atom. The first-order valence-corrected chi connectivity index (χ1v) is 25.2. The summed E-state index contributed by atoms with van der Waals surface area (Å²) in [5, 5.41) is 4.18. The van der Waals surface area contributed by atoms with Gasteiger partial charge in [0, 0.05) is 90.4 Å². The molecule has 0 N–H and O–H groups in total. The van der Waals surface area contributed by atoms with E-state index >= 15 is 0 Å². The lowest BCUT2D eigenvalue weighted by molar-refractivity contribution is 0.590. The molecule has 2 heterocycles. The summed E-state index contributed by atoms with van der Waals surface area (Å²) in [7, 11) is 0. The van der Waals surface area contributed by atoms with Crippen LogP contribution in [0.4, 0.5) is 51.2 Å². The van der Waals surface area contributed by atoms with Crippen LogP contribution in [0.1, 0.15) is 52.7 Å². The Morgan fingerprint density at radius 1 is 0.274 bits per heavy atom. The number of nitrogens with zero attached hydrogens (tertiary/aromatic N) is 3. The molecule has 0 unspecified atom stereocenters. The van der Waals surface area contributed by atoms with Crippen LogP contribution in [0.15, 0.2) is 245 Å². The van der Waals surface area contributed by atoms with Gasteiger partial charge in [-0.05, 0) is 143 Å². The standard InChI is InChI=1S/C68H57N3O2/c1-67(2,3)47-27-31-52(32-28-47)69(49-21-13-8-14-22-49)55-35-38-58-61-41-54(37-40-63(61)72-64(58)44-55)71(51-25-17-10-18-26-51)57-42-60(46-19-11-7-12-20-46)66-62(43-57)59-39-36-56(45-65(59)73-66)70(50-23-15-9-16-24-50)53-33-29-48(30-34-53)68(4,5)6/h7-45H,1-6H3. The molecule has 0 radical (unpaired) electrons. The molecular weight excluding hydrogens is 891 g/mol. The van der Waals surface area contributed by atoms with E-state index in [4.69, 9.17) is 8.83 Å². The van der Waals surface area contributed by atoms with E-state index in [1.54, 1.807) is 0 Å². The van der Waals surface area contributed by atoms with Gasteiger partial charge in [-0.25, -0.2) is 0 Å². The Kier molecular flexibility index (Phi) is 11.2. The first-order chi connectivity index (χ1) is 35.4. The second-order valence-corrected chi connectivity index (χ2v) is 21.1. The van der Waals surface area contributed by atoms with E-state index in [0.29, 0.717) is 0 Å². The van der Waals surface area contributed by atoms with Gasteiger partial charge in [-0.15, -0.1) is 0 Å². The van der Waals surface area contributed by atoms with Crippen molar-refractivity contribution in [2.24, 2.45) is 0 Å². The summed E-state index contributed by atoms with van der Waals surface area (Å²) >= 11 is 0. The normalized spacial score (nSPS) is 12.0. The number of benzene rings is 10. The van der Waals surface area contributed by atoms with E-state index in [-0.39, 0.29) is 10.8 Å². The van der Waals surface area contributed by atoms with Crippen molar-refractivity contribution in [3.63, 3.8) is 0 Å². The second-order valence-electron chi connectivity index (χ2n) is 21.1. The molecule has 0 saturated heterocycles. The quantitative estimate of drug-likeness (QED) is 0.137. The molecule has 73 heavy (non-hydrogen) atoms. The van der Waals surface area contributed by atoms with E-state index in [0.717, 1.165) is 106 Å². The van der Waals surface area contributed by atoms with Crippen LogP contribution in [0.3, 0.4) is 0 Å². The molecule has 0 bridgehead atoms. The van der Waals surface area contributed by atoms with Crippen molar-refractivity contribution in [3.05, 3.63) is 248 Å². The maximum Gasteiger partial charge on any atom is 0.143 e. The first kappa shape index (κ1) is 45.3. The molecule has 5 heteroatoms. The lowest BCUT2D eigenvalue weighted by Gasteiger charge is -2.27. The monoisotopic (exact) mass is 947 g/mol. The van der Waals surface area contributed by atoms with Crippen LogP contribution < -0.4 is 14.7 Å². The summed E-state index contributed by atoms with van der Waals surface area (Å²) in [5.74, 6) is 0. The average molecular weight is 948 g/mol. The lowest BCUT2D eigenvalue weighted by atomic mass is 9.87. The molecule has 0 saturated carbocycles. The molecule has 0 aliphatic rings. The zero-order chi connectivity index (χ0) is 49.8. The maximum atomic E-state index is 7.05. The van der Waals surface area contributed by atoms with Crippen LogP contribution in [-0.2, 0) is 10.8 Å². The fraction of sp³-hybridized carbons (Fsp3) is 0.118. The Hall–Kier alpha value is -8.80. The fourth-order valence-corrected chi connectivity index (χ4v) is 10.3. The minimum absolute atomic E-state index is 0.0476. The largest absolute Gasteiger partial charge is 0.456 e. The number of hydrogen-bond acceptors (Lipinski definition) is 5. The van der Waals surface area contributed by atoms with Crippen molar-refractivity contribution in [1.29, 1.82) is 0 Å². The van der Waals surface area contributed by atoms with E-state index in [1.807, 2.05) is 0 Å². The van der Waals surface area contributed by atoms with Gasteiger partial charge in [0.25, 0.3) is 0 Å². The molecule has 12 aromatic rings. The van der Waals surface area contributed by atoms with Crippen LogP contribution in [0, 0.1) is 0 Å². The molecule has 10 aromatic carbocycles. The van der Waals surface area contributed by atoms with Gasteiger partial charge < -0.3 is 23.5 Å². The van der Waals surface area contributed by atoms with Gasteiger partial charge in [-0.1, -0.05) is 151 Å². The number of furan rings is 2. The fourth-order valence-electron chi connectivity index (χ4n) is 10.3. The van der Waals surface area contributed by atoms with Crippen LogP contribution >= 0.6 is 0 Å². The molecule has 5 nitrogen and oxygen atoms in total. The Bertz CT molecular complexity index is 3900. The summed E-state index contributed by atoms with van der Waals surface area (Å²) in [6, 6.07) is 84.5. The molecule has 0 amide bonds. The van der Waals surface area contributed by atoms with Gasteiger partial charge in [0.2, 0.25) is 0 Å². The predicted octanol–water partition coefficient (Wildman–Crippen LogP) is 20.2. The minimum Gasteiger partial charge on any atom is -0.456 e. The van der Waals surface area contributed by atoms with Crippen LogP contribution in [0.5, 0.6) is 0 Å². The summed E-state index contributed by atoms with van der Waals surface area (Å²) in [4.78, 5) is 6.96. The lowest BCUT2D eigenvalue weighted by Crippen LogP contribution is -2.13. The van der Waals surface area contributed by atoms with E-state index in [9.17, 15) is 0 Å². The summed E-state index contributed by atoms with van der Waals surface area (Å²) in [5.41, 5.74) is 17.5. The first-order valence-electron chi connectivity index (χ1n) is 25.2. The van der Waals surface area contributed by atoms with Crippen molar-refractivity contribution in [3.8, 4) is 11.1 Å². The highest BCUT2D eigenvalue weighted by molar-refractivity contribution is 6.13. The third-order valence-electron chi connectivity index (χ3n) is 14.1. The third-order valence-corrected chi connectivity index (χ3v) is 14.1. The number of fused-ring (bicyclic) bond motifs is 6. The Balaban J connectivity index is 0.988. The maximum absolute atomic E-state index is 7.05. The van der Waals surface area contributed by atoms with Crippen molar-refractivity contribution in [2.75, 3.05) is 14.7 Å². The predicted molar refractivity (Wildman–Crippen MR) is 308 cm³/mol. The number of anilines is 9. The molecule has 0 aliphatic carbocycles. The van der Waals surface area contributed by atoms with Gasteiger partial charge >= 0.3 is 0 Å². The summed E-state index contributed by atoms with van der Waals surface area (Å²) < 4.78 is 13.8. The highest BCUT2D eigenvalue weighted by Gasteiger charge is 2.24. The molecule has 12 rings (SSSR count). The SMILES string of the molecule is CC(C)(C)c1ccc(N(c2ccccc2)c2ccc3c(c2)oc2ccc(N(c4ccccc4)c4cc(-c5ccccc5)c5oc6cc(N(c7ccccc7)c7ccc(C(C)(C)C)cc7)ccc6c5c4)cc23)cc1. The topological polar surface area (TPSA) is 36.0 Å². The zero-order valence-corrected chi connectivity index (χ0v) is 42.2. The van der Waals surface area contributed by atoms with Crippen LogP contribution in [0.25, 0.3) is 55.0 Å². The van der Waals surface area contributed by atoms with Crippen LogP contribution in [0.2, 0.25) is 0 Å². The molecule has 356 valence electrons. The van der Waals surface area contributed by atoms with Gasteiger partial charge in [-0.2, -0.15) is 0 Å². The molecule has 0 fully saturated rings.